The monoisotopic (exact) mass is 646 g/mol. The van der Waals surface area contributed by atoms with Crippen molar-refractivity contribution < 1.29 is 47.6 Å². The highest BCUT2D eigenvalue weighted by Gasteiger charge is 2.53. The molecule has 2 N–H and O–H groups in total. The number of fused-ring (bicyclic) bond motifs is 1. The molecule has 1 fully saturated rings. The van der Waals surface area contributed by atoms with Gasteiger partial charge >= 0.3 is 23.9 Å². The Morgan fingerprint density at radius 3 is 2.09 bits per heavy atom. The van der Waals surface area contributed by atoms with Crippen LogP contribution in [0.15, 0.2) is 29.1 Å². The first kappa shape index (κ1) is 32.8. The molecule has 18 heteroatoms. The van der Waals surface area contributed by atoms with E-state index < -0.39 is 66.7 Å². The van der Waals surface area contributed by atoms with Crippen LogP contribution in [0.5, 0.6) is 5.75 Å². The molecule has 0 aliphatic carbocycles. The number of nitrogens with zero attached hydrogens (tertiary/aromatic N) is 5. The van der Waals surface area contributed by atoms with Crippen molar-refractivity contribution in [2.75, 3.05) is 19.6 Å². The molecular weight excluding hydrogens is 616 g/mol. The van der Waals surface area contributed by atoms with E-state index in [2.05, 4.69) is 10.2 Å². The first-order valence-corrected chi connectivity index (χ1v) is 13.7. The molecule has 3 heterocycles. The molecule has 0 bridgehead atoms. The van der Waals surface area contributed by atoms with E-state index in [1.165, 1.54) is 6.08 Å². The van der Waals surface area contributed by atoms with E-state index >= 15 is 0 Å². The topological polar surface area (TPSA) is 207 Å². The largest absolute Gasteiger partial charge is 0.497 e. The van der Waals surface area contributed by atoms with Gasteiger partial charge in [0, 0.05) is 27.7 Å². The number of hydrogen-bond donors (Lipinski definition) is 1. The van der Waals surface area contributed by atoms with Crippen LogP contribution in [-0.4, -0.2) is 86.1 Å². The number of rotatable bonds is 9. The molecule has 1 aliphatic rings. The SMILES string of the molecule is COc1ccc(/C=C/c2nn3c(=S)n([C@@H]4O[C@H](COC(C)=O)[C@@H](OC(C)=O)[C@H](OC(C)=O)[C@H]4OC(C)=O)nc3n(N)c2=O)cc1. The summed E-state index contributed by atoms with van der Waals surface area (Å²) >= 11 is 5.61. The number of nitrogen functional groups attached to an aromatic ring is 1. The lowest BCUT2D eigenvalue weighted by atomic mass is 9.97. The Bertz CT molecular complexity index is 1760. The summed E-state index contributed by atoms with van der Waals surface area (Å²) in [6, 6.07) is 7.02. The van der Waals surface area contributed by atoms with Crippen molar-refractivity contribution in [3.8, 4) is 5.75 Å². The Hall–Kier alpha value is -5.10. The third-order valence-electron chi connectivity index (χ3n) is 6.38. The quantitative estimate of drug-likeness (QED) is 0.146. The Labute approximate surface area is 260 Å². The second kappa shape index (κ2) is 13.7. The fourth-order valence-corrected chi connectivity index (χ4v) is 4.80. The molecule has 1 saturated heterocycles. The summed E-state index contributed by atoms with van der Waals surface area (Å²) in [5.74, 6) is 3.42. The zero-order valence-corrected chi connectivity index (χ0v) is 25.6. The van der Waals surface area contributed by atoms with Crippen molar-refractivity contribution in [3.63, 3.8) is 0 Å². The number of nitrogens with two attached hydrogens (primary N) is 1. The zero-order valence-electron chi connectivity index (χ0n) is 24.8. The van der Waals surface area contributed by atoms with Crippen LogP contribution in [0.3, 0.4) is 0 Å². The number of esters is 4. The van der Waals surface area contributed by atoms with Crippen LogP contribution in [0.1, 0.15) is 45.2 Å². The molecule has 240 valence electrons. The van der Waals surface area contributed by atoms with Gasteiger partial charge in [0.1, 0.15) is 18.5 Å². The molecule has 3 aromatic rings. The first-order chi connectivity index (χ1) is 21.3. The van der Waals surface area contributed by atoms with Crippen LogP contribution in [0, 0.1) is 4.77 Å². The van der Waals surface area contributed by atoms with Crippen molar-refractivity contribution in [1.29, 1.82) is 0 Å². The van der Waals surface area contributed by atoms with Crippen LogP contribution in [0.2, 0.25) is 0 Å². The molecule has 0 radical (unpaired) electrons. The van der Waals surface area contributed by atoms with Crippen molar-refractivity contribution in [1.82, 2.24) is 24.1 Å². The lowest BCUT2D eigenvalue weighted by molar-refractivity contribution is -0.270. The average Bonchev–Trinajstić information content (AvgIpc) is 3.30. The Kier molecular flexibility index (Phi) is 9.98. The van der Waals surface area contributed by atoms with E-state index in [9.17, 15) is 24.0 Å². The summed E-state index contributed by atoms with van der Waals surface area (Å²) in [6.45, 7) is 3.98. The molecular formula is C27H30N6O11S. The Morgan fingerprint density at radius 1 is 0.911 bits per heavy atom. The lowest BCUT2D eigenvalue weighted by Gasteiger charge is -2.44. The second-order valence-corrected chi connectivity index (χ2v) is 10.1. The summed E-state index contributed by atoms with van der Waals surface area (Å²) in [6.07, 6.45) is -4.05. The van der Waals surface area contributed by atoms with Gasteiger partial charge in [0.15, 0.2) is 30.2 Å². The van der Waals surface area contributed by atoms with Gasteiger partial charge in [0.25, 0.3) is 11.3 Å². The molecule has 0 spiro atoms. The normalized spacial score (nSPS) is 21.3. The average molecular weight is 647 g/mol. The summed E-state index contributed by atoms with van der Waals surface area (Å²) < 4.78 is 35.4. The minimum atomic E-state index is -1.51. The summed E-state index contributed by atoms with van der Waals surface area (Å²) in [7, 11) is 1.54. The van der Waals surface area contributed by atoms with Crippen LogP contribution in [0.4, 0.5) is 0 Å². The zero-order chi connectivity index (χ0) is 33.0. The standard InChI is InChI=1S/C27H30N6O11S/c1-13(34)40-12-20-21(41-14(2)35)22(42-15(3)36)23(43-16(4)37)25(44-20)32-27(45)33-26(30-32)31(28)24(38)19(29-33)11-8-17-6-9-18(39-5)10-7-17/h6-11,20-23,25H,12,28H2,1-5H3/b11-8+/t20-,21-,22+,23-,25-/m1/s1. The number of benzene rings is 1. The van der Waals surface area contributed by atoms with Gasteiger partial charge in [-0.1, -0.05) is 18.2 Å². The maximum absolute atomic E-state index is 13.1. The minimum absolute atomic E-state index is 0.0991. The highest BCUT2D eigenvalue weighted by molar-refractivity contribution is 7.71. The van der Waals surface area contributed by atoms with E-state index in [4.69, 9.17) is 46.5 Å². The smallest absolute Gasteiger partial charge is 0.303 e. The Morgan fingerprint density at radius 2 is 1.51 bits per heavy atom. The second-order valence-electron chi connectivity index (χ2n) is 9.70. The molecule has 5 atom stereocenters. The fourth-order valence-electron chi connectivity index (χ4n) is 4.53. The number of hydrogen-bond acceptors (Lipinski definition) is 15. The van der Waals surface area contributed by atoms with E-state index in [1.807, 2.05) is 0 Å². The lowest BCUT2D eigenvalue weighted by Crippen LogP contribution is -2.60. The highest BCUT2D eigenvalue weighted by atomic mass is 32.1. The van der Waals surface area contributed by atoms with Gasteiger partial charge in [-0.2, -0.15) is 14.3 Å². The molecule has 17 nitrogen and oxygen atoms in total. The van der Waals surface area contributed by atoms with Crippen molar-refractivity contribution in [3.05, 3.63) is 50.6 Å². The van der Waals surface area contributed by atoms with Crippen molar-refractivity contribution >= 4 is 54.0 Å². The van der Waals surface area contributed by atoms with Gasteiger partial charge in [0.05, 0.1) is 7.11 Å². The van der Waals surface area contributed by atoms with Crippen LogP contribution in [0.25, 0.3) is 17.9 Å². The van der Waals surface area contributed by atoms with E-state index in [0.717, 1.165) is 42.5 Å². The van der Waals surface area contributed by atoms with Gasteiger partial charge in [0.2, 0.25) is 4.77 Å². The van der Waals surface area contributed by atoms with Crippen LogP contribution in [-0.2, 0) is 42.9 Å². The number of methoxy groups -OCH3 is 1. The van der Waals surface area contributed by atoms with Gasteiger partial charge in [-0.15, -0.1) is 5.10 Å². The summed E-state index contributed by atoms with van der Waals surface area (Å²) in [5.41, 5.74) is -0.0866. The van der Waals surface area contributed by atoms with E-state index in [0.29, 0.717) is 10.4 Å². The molecule has 2 aromatic heterocycles. The maximum Gasteiger partial charge on any atom is 0.303 e. The molecule has 1 aliphatic heterocycles. The van der Waals surface area contributed by atoms with Gasteiger partial charge < -0.3 is 34.3 Å². The van der Waals surface area contributed by atoms with Gasteiger partial charge in [-0.05, 0) is 36.0 Å². The first-order valence-electron chi connectivity index (χ1n) is 13.3. The maximum atomic E-state index is 13.1. The number of carbonyl (C=O) groups excluding carboxylic acids is 4. The predicted molar refractivity (Wildman–Crippen MR) is 155 cm³/mol. The molecule has 45 heavy (non-hydrogen) atoms. The van der Waals surface area contributed by atoms with Crippen LogP contribution < -0.4 is 16.1 Å². The van der Waals surface area contributed by atoms with E-state index in [1.54, 1.807) is 37.5 Å². The van der Waals surface area contributed by atoms with Crippen molar-refractivity contribution in [2.24, 2.45) is 0 Å². The minimum Gasteiger partial charge on any atom is -0.497 e. The van der Waals surface area contributed by atoms with E-state index in [-0.39, 0.29) is 16.2 Å². The van der Waals surface area contributed by atoms with Gasteiger partial charge in [-0.3, -0.25) is 24.0 Å². The summed E-state index contributed by atoms with van der Waals surface area (Å²) in [4.78, 5) is 61.1. The molecule has 0 saturated carbocycles. The number of aromatic nitrogens is 5. The third-order valence-corrected chi connectivity index (χ3v) is 6.74. The third kappa shape index (κ3) is 7.35. The summed E-state index contributed by atoms with van der Waals surface area (Å²) in [5, 5.41) is 8.60. The molecule has 0 unspecified atom stereocenters. The molecule has 1 aromatic carbocycles. The predicted octanol–water partition coefficient (Wildman–Crippen LogP) is 0.570. The van der Waals surface area contributed by atoms with Gasteiger partial charge in [-0.25, -0.2) is 4.68 Å². The number of ether oxygens (including phenoxy) is 6. The Balaban J connectivity index is 1.84. The van der Waals surface area contributed by atoms with Crippen molar-refractivity contribution in [2.45, 2.75) is 58.3 Å². The van der Waals surface area contributed by atoms with Crippen LogP contribution >= 0.6 is 12.2 Å². The fraction of sp³-hybridized carbons (Fsp3) is 0.407. The molecule has 0 amide bonds. The highest BCUT2D eigenvalue weighted by Crippen LogP contribution is 2.34. The molecule has 4 rings (SSSR count). The number of carbonyl (C=O) groups is 4.